The molecule has 11 heteroatoms. The second-order valence-corrected chi connectivity index (χ2v) is 9.73. The monoisotopic (exact) mass is 578 g/mol. The lowest BCUT2D eigenvalue weighted by atomic mass is 9.94. The van der Waals surface area contributed by atoms with E-state index in [1.54, 1.807) is 36.4 Å². The molecule has 0 aliphatic rings. The van der Waals surface area contributed by atoms with E-state index in [1.165, 1.54) is 18.5 Å². The Morgan fingerprint density at radius 1 is 0.952 bits per heavy atom. The van der Waals surface area contributed by atoms with Crippen molar-refractivity contribution in [2.45, 2.75) is 25.1 Å². The van der Waals surface area contributed by atoms with Crippen molar-refractivity contribution in [1.82, 2.24) is 15.3 Å². The van der Waals surface area contributed by atoms with E-state index >= 15 is 0 Å². The fourth-order valence-electron chi connectivity index (χ4n) is 4.88. The number of hydrogen-bond acceptors (Lipinski definition) is 3. The van der Waals surface area contributed by atoms with Gasteiger partial charge in [0.2, 0.25) is 11.8 Å². The molecule has 4 N–H and O–H groups in total. The fourth-order valence-corrected chi connectivity index (χ4v) is 4.88. The van der Waals surface area contributed by atoms with Crippen LogP contribution < -0.4 is 11.1 Å². The number of nitrogens with one attached hydrogen (secondary N) is 2. The Morgan fingerprint density at radius 3 is 2.43 bits per heavy atom. The molecule has 0 radical (unpaired) electrons. The van der Waals surface area contributed by atoms with E-state index in [-0.39, 0.29) is 29.4 Å². The highest BCUT2D eigenvalue weighted by Crippen LogP contribution is 2.33. The van der Waals surface area contributed by atoms with E-state index < -0.39 is 41.2 Å². The molecule has 0 saturated carbocycles. The maximum atomic E-state index is 14.1. The van der Waals surface area contributed by atoms with E-state index in [0.29, 0.717) is 27.9 Å². The highest BCUT2D eigenvalue weighted by atomic mass is 19.4. The summed E-state index contributed by atoms with van der Waals surface area (Å²) in [4.78, 5) is 32.5. The van der Waals surface area contributed by atoms with Crippen LogP contribution in [0.2, 0.25) is 0 Å². The van der Waals surface area contributed by atoms with Crippen molar-refractivity contribution in [3.63, 3.8) is 0 Å². The number of alkyl halides is 3. The molecule has 5 rings (SSSR count). The summed E-state index contributed by atoms with van der Waals surface area (Å²) in [5.41, 5.74) is 7.28. The van der Waals surface area contributed by atoms with Crippen LogP contribution in [-0.2, 0) is 23.8 Å². The number of fused-ring (bicyclic) bond motifs is 1. The number of benzene rings is 3. The lowest BCUT2D eigenvalue weighted by molar-refractivity contribution is -0.137. The Labute approximate surface area is 236 Å². The van der Waals surface area contributed by atoms with Crippen molar-refractivity contribution >= 4 is 22.7 Å². The zero-order valence-corrected chi connectivity index (χ0v) is 21.8. The van der Waals surface area contributed by atoms with E-state index in [9.17, 15) is 31.5 Å². The zero-order chi connectivity index (χ0) is 30.0. The van der Waals surface area contributed by atoms with Crippen molar-refractivity contribution in [3.8, 4) is 11.1 Å². The summed E-state index contributed by atoms with van der Waals surface area (Å²) in [6.45, 7) is 0. The molecular formula is C31H23F5N4O2. The molecule has 2 heterocycles. The average Bonchev–Trinajstić information content (AvgIpc) is 3.33. The minimum absolute atomic E-state index is 0.0634. The minimum atomic E-state index is -4.56. The Bertz CT molecular complexity index is 1780. The molecule has 1 atom stereocenters. The first-order valence-electron chi connectivity index (χ1n) is 12.7. The molecule has 6 nitrogen and oxygen atoms in total. The molecule has 0 spiro atoms. The Balaban J connectivity index is 1.51. The summed E-state index contributed by atoms with van der Waals surface area (Å²) >= 11 is 0. The van der Waals surface area contributed by atoms with Crippen molar-refractivity contribution in [1.29, 1.82) is 0 Å². The summed E-state index contributed by atoms with van der Waals surface area (Å²) in [5, 5.41) is 3.08. The predicted molar refractivity (Wildman–Crippen MR) is 146 cm³/mol. The number of rotatable bonds is 8. The molecule has 2 aromatic heterocycles. The number of aromatic amines is 1. The number of nitrogens with two attached hydrogens (primary N) is 1. The standard InChI is InChI=1S/C31H23F5N4O2/c32-22-9-17(10-23(33)15-22)11-27(29-24(5-2-8-38-29)18-3-1-4-19(12-18)30(37)42)40-28(41)13-20-16-39-26-7-6-21(14-25(20)26)31(34,35)36/h1-10,12,14-16,27,39H,11,13H2,(H2,37,42)(H,40,41). The van der Waals surface area contributed by atoms with Crippen LogP contribution in [0.5, 0.6) is 0 Å². The Morgan fingerprint density at radius 2 is 1.71 bits per heavy atom. The first-order chi connectivity index (χ1) is 20.0. The van der Waals surface area contributed by atoms with Crippen LogP contribution in [0.1, 0.15) is 38.8 Å². The summed E-state index contributed by atoms with van der Waals surface area (Å²) < 4.78 is 68.0. The van der Waals surface area contributed by atoms with Crippen LogP contribution in [0.15, 0.2) is 85.2 Å². The lowest BCUT2D eigenvalue weighted by Crippen LogP contribution is -2.32. The van der Waals surface area contributed by atoms with Gasteiger partial charge in [-0.1, -0.05) is 18.2 Å². The molecule has 214 valence electrons. The van der Waals surface area contributed by atoms with Gasteiger partial charge >= 0.3 is 6.18 Å². The van der Waals surface area contributed by atoms with Gasteiger partial charge in [-0.25, -0.2) is 8.78 Å². The number of carbonyl (C=O) groups excluding carboxylic acids is 2. The van der Waals surface area contributed by atoms with Crippen LogP contribution in [0, 0.1) is 11.6 Å². The number of amides is 2. The van der Waals surface area contributed by atoms with Crippen molar-refractivity contribution in [2.24, 2.45) is 5.73 Å². The molecule has 0 fully saturated rings. The van der Waals surface area contributed by atoms with Gasteiger partial charge in [0, 0.05) is 40.5 Å². The first kappa shape index (κ1) is 28.5. The Hall–Kier alpha value is -5.06. The second kappa shape index (κ2) is 11.4. The van der Waals surface area contributed by atoms with E-state index in [1.807, 2.05) is 0 Å². The van der Waals surface area contributed by atoms with Gasteiger partial charge in [0.1, 0.15) is 11.6 Å². The number of H-pyrrole nitrogens is 1. The van der Waals surface area contributed by atoms with Gasteiger partial charge in [0.05, 0.1) is 23.7 Å². The molecule has 42 heavy (non-hydrogen) atoms. The number of halogens is 5. The minimum Gasteiger partial charge on any atom is -0.366 e. The summed E-state index contributed by atoms with van der Waals surface area (Å²) in [6, 6.07) is 15.1. The fraction of sp³-hybridized carbons (Fsp3) is 0.129. The molecule has 2 amide bonds. The first-order valence-corrected chi connectivity index (χ1v) is 12.7. The third-order valence-electron chi connectivity index (χ3n) is 6.77. The van der Waals surface area contributed by atoms with E-state index in [0.717, 1.165) is 30.3 Å². The SMILES string of the molecule is NC(=O)c1cccc(-c2cccnc2C(Cc2cc(F)cc(F)c2)NC(=O)Cc2c[nH]c3ccc(C(F)(F)F)cc23)c1. The predicted octanol–water partition coefficient (Wildman–Crippen LogP) is 6.27. The van der Waals surface area contributed by atoms with Crippen LogP contribution in [-0.4, -0.2) is 21.8 Å². The summed E-state index contributed by atoms with van der Waals surface area (Å²) in [5.74, 6) is -2.80. The van der Waals surface area contributed by atoms with Gasteiger partial charge in [-0.15, -0.1) is 0 Å². The number of aromatic nitrogens is 2. The average molecular weight is 579 g/mol. The molecule has 0 bridgehead atoms. The van der Waals surface area contributed by atoms with E-state index in [4.69, 9.17) is 5.73 Å². The molecule has 0 aliphatic heterocycles. The van der Waals surface area contributed by atoms with Gasteiger partial charge in [-0.2, -0.15) is 13.2 Å². The largest absolute Gasteiger partial charge is 0.416 e. The molecule has 5 aromatic rings. The molecule has 3 aromatic carbocycles. The van der Waals surface area contributed by atoms with Gasteiger partial charge in [-0.3, -0.25) is 14.6 Å². The van der Waals surface area contributed by atoms with Gasteiger partial charge in [0.25, 0.3) is 0 Å². The quantitative estimate of drug-likeness (QED) is 0.189. The maximum absolute atomic E-state index is 14.1. The second-order valence-electron chi connectivity index (χ2n) is 9.73. The van der Waals surface area contributed by atoms with Crippen molar-refractivity contribution < 1.29 is 31.5 Å². The van der Waals surface area contributed by atoms with Crippen LogP contribution in [0.4, 0.5) is 22.0 Å². The number of primary amides is 1. The normalized spacial score (nSPS) is 12.3. The summed E-state index contributed by atoms with van der Waals surface area (Å²) in [7, 11) is 0. The molecule has 0 aliphatic carbocycles. The number of hydrogen-bond donors (Lipinski definition) is 3. The van der Waals surface area contributed by atoms with Crippen LogP contribution >= 0.6 is 0 Å². The van der Waals surface area contributed by atoms with Gasteiger partial charge < -0.3 is 16.0 Å². The van der Waals surface area contributed by atoms with E-state index in [2.05, 4.69) is 15.3 Å². The molecule has 0 saturated heterocycles. The van der Waals surface area contributed by atoms with Crippen LogP contribution in [0.25, 0.3) is 22.0 Å². The smallest absolute Gasteiger partial charge is 0.366 e. The third-order valence-corrected chi connectivity index (χ3v) is 6.77. The van der Waals surface area contributed by atoms with Crippen molar-refractivity contribution in [2.75, 3.05) is 0 Å². The number of carbonyl (C=O) groups is 2. The Kier molecular flexibility index (Phi) is 7.75. The highest BCUT2D eigenvalue weighted by Gasteiger charge is 2.31. The number of nitrogens with zero attached hydrogens (tertiary/aromatic N) is 1. The lowest BCUT2D eigenvalue weighted by Gasteiger charge is -2.22. The van der Waals surface area contributed by atoms with Crippen molar-refractivity contribution in [3.05, 3.63) is 125 Å². The molecule has 1 unspecified atom stereocenters. The van der Waals surface area contributed by atoms with Gasteiger partial charge in [0.15, 0.2) is 0 Å². The highest BCUT2D eigenvalue weighted by molar-refractivity contribution is 5.94. The number of pyridine rings is 1. The molecular weight excluding hydrogens is 555 g/mol. The summed E-state index contributed by atoms with van der Waals surface area (Å²) in [6.07, 6.45) is -1.96. The third kappa shape index (κ3) is 6.30. The zero-order valence-electron chi connectivity index (χ0n) is 21.8. The van der Waals surface area contributed by atoms with Crippen LogP contribution in [0.3, 0.4) is 0 Å². The maximum Gasteiger partial charge on any atom is 0.416 e. The topological polar surface area (TPSA) is 101 Å². The van der Waals surface area contributed by atoms with Gasteiger partial charge in [-0.05, 0) is 71.6 Å².